The topological polar surface area (TPSA) is 67.9 Å². The van der Waals surface area contributed by atoms with Gasteiger partial charge < -0.3 is 14.8 Å². The molecule has 25 heavy (non-hydrogen) atoms. The smallest absolute Gasteiger partial charge is 0.415 e. The Labute approximate surface area is 145 Å². The Bertz CT molecular complexity index is 821. The quantitative estimate of drug-likeness (QED) is 0.934. The van der Waals surface area contributed by atoms with E-state index in [0.29, 0.717) is 18.0 Å². The fourth-order valence-corrected chi connectivity index (χ4v) is 3.26. The molecular weight excluding hydrogens is 320 g/mol. The molecule has 0 aliphatic carbocycles. The number of cyclic esters (lactones) is 1. The highest BCUT2D eigenvalue weighted by atomic mass is 16.6. The molecule has 6 heteroatoms. The summed E-state index contributed by atoms with van der Waals surface area (Å²) in [5, 5.41) is 2.70. The molecule has 1 fully saturated rings. The van der Waals surface area contributed by atoms with Gasteiger partial charge in [-0.3, -0.25) is 9.69 Å². The number of nitrogens with zero attached hydrogens (tertiary/aromatic N) is 1. The van der Waals surface area contributed by atoms with Crippen LogP contribution in [0.1, 0.15) is 6.92 Å². The third-order valence-corrected chi connectivity index (χ3v) is 4.50. The van der Waals surface area contributed by atoms with Crippen LogP contribution in [0.2, 0.25) is 0 Å². The van der Waals surface area contributed by atoms with Crippen molar-refractivity contribution < 1.29 is 19.1 Å². The SMILES string of the molecule is CC(=O)NC[C@@H]1OC(=O)N2c3ccc(-c4ccccc4)cc3OC[C@@H]12. The molecule has 2 aliphatic rings. The summed E-state index contributed by atoms with van der Waals surface area (Å²) in [5.41, 5.74) is 2.81. The molecule has 4 rings (SSSR count). The van der Waals surface area contributed by atoms with Crippen LogP contribution in [0.25, 0.3) is 11.1 Å². The maximum absolute atomic E-state index is 12.3. The van der Waals surface area contributed by atoms with E-state index in [2.05, 4.69) is 5.32 Å². The minimum Gasteiger partial charge on any atom is -0.489 e. The van der Waals surface area contributed by atoms with Gasteiger partial charge >= 0.3 is 6.09 Å². The minimum atomic E-state index is -0.418. The van der Waals surface area contributed by atoms with Crippen molar-refractivity contribution >= 4 is 17.7 Å². The van der Waals surface area contributed by atoms with Gasteiger partial charge in [-0.2, -0.15) is 0 Å². The Morgan fingerprint density at radius 3 is 2.76 bits per heavy atom. The molecule has 1 N–H and O–H groups in total. The molecule has 2 aromatic carbocycles. The van der Waals surface area contributed by atoms with Gasteiger partial charge in [-0.1, -0.05) is 36.4 Å². The second kappa shape index (κ2) is 6.12. The van der Waals surface area contributed by atoms with Gasteiger partial charge in [0, 0.05) is 6.92 Å². The van der Waals surface area contributed by atoms with Crippen molar-refractivity contribution in [1.29, 1.82) is 0 Å². The van der Waals surface area contributed by atoms with Crippen molar-refractivity contribution in [2.75, 3.05) is 18.1 Å². The summed E-state index contributed by atoms with van der Waals surface area (Å²) in [6, 6.07) is 15.5. The molecule has 0 spiro atoms. The van der Waals surface area contributed by atoms with Gasteiger partial charge in [0.2, 0.25) is 5.91 Å². The molecule has 2 aromatic rings. The van der Waals surface area contributed by atoms with Gasteiger partial charge in [0.15, 0.2) is 0 Å². The second-order valence-electron chi connectivity index (χ2n) is 6.16. The average Bonchev–Trinajstić information content (AvgIpc) is 2.96. The lowest BCUT2D eigenvalue weighted by atomic mass is 10.0. The van der Waals surface area contributed by atoms with Crippen molar-refractivity contribution in [1.82, 2.24) is 5.32 Å². The zero-order chi connectivity index (χ0) is 17.4. The molecule has 0 aromatic heterocycles. The number of carbonyl (C=O) groups is 2. The summed E-state index contributed by atoms with van der Waals surface area (Å²) < 4.78 is 11.3. The number of hydrogen-bond acceptors (Lipinski definition) is 4. The summed E-state index contributed by atoms with van der Waals surface area (Å²) in [7, 11) is 0. The summed E-state index contributed by atoms with van der Waals surface area (Å²) in [6.45, 7) is 2.05. The number of amides is 2. The third-order valence-electron chi connectivity index (χ3n) is 4.50. The third kappa shape index (κ3) is 2.80. The van der Waals surface area contributed by atoms with Crippen LogP contribution in [0.4, 0.5) is 10.5 Å². The van der Waals surface area contributed by atoms with E-state index >= 15 is 0 Å². The van der Waals surface area contributed by atoms with Gasteiger partial charge in [-0.15, -0.1) is 0 Å². The number of ether oxygens (including phenoxy) is 2. The van der Waals surface area contributed by atoms with Crippen molar-refractivity contribution in [3.8, 4) is 16.9 Å². The molecule has 0 bridgehead atoms. The number of rotatable bonds is 3. The minimum absolute atomic E-state index is 0.154. The largest absolute Gasteiger partial charge is 0.489 e. The first-order chi connectivity index (χ1) is 12.1. The van der Waals surface area contributed by atoms with Crippen LogP contribution < -0.4 is 15.0 Å². The van der Waals surface area contributed by atoms with Crippen LogP contribution in [0.3, 0.4) is 0 Å². The maximum Gasteiger partial charge on any atom is 0.415 e. The van der Waals surface area contributed by atoms with Crippen molar-refractivity contribution in [2.24, 2.45) is 0 Å². The Morgan fingerprint density at radius 2 is 2.00 bits per heavy atom. The number of hydrogen-bond donors (Lipinski definition) is 1. The molecule has 0 saturated carbocycles. The van der Waals surface area contributed by atoms with E-state index in [4.69, 9.17) is 9.47 Å². The number of carbonyl (C=O) groups excluding carboxylic acids is 2. The first-order valence-corrected chi connectivity index (χ1v) is 8.20. The van der Waals surface area contributed by atoms with E-state index in [1.54, 1.807) is 4.90 Å². The highest BCUT2D eigenvalue weighted by molar-refractivity contribution is 5.94. The number of benzene rings is 2. The van der Waals surface area contributed by atoms with Gasteiger partial charge in [-0.05, 0) is 23.3 Å². The molecule has 128 valence electrons. The first-order valence-electron chi connectivity index (χ1n) is 8.20. The highest BCUT2D eigenvalue weighted by Crippen LogP contribution is 2.40. The predicted octanol–water partition coefficient (Wildman–Crippen LogP) is 2.58. The lowest BCUT2D eigenvalue weighted by Crippen LogP contribution is -2.47. The van der Waals surface area contributed by atoms with E-state index in [9.17, 15) is 9.59 Å². The molecule has 0 radical (unpaired) electrons. The van der Waals surface area contributed by atoms with E-state index in [1.807, 2.05) is 48.5 Å². The Morgan fingerprint density at radius 1 is 1.20 bits per heavy atom. The van der Waals surface area contributed by atoms with Crippen molar-refractivity contribution in [3.63, 3.8) is 0 Å². The van der Waals surface area contributed by atoms with Crippen LogP contribution in [-0.4, -0.2) is 37.3 Å². The Balaban J connectivity index is 1.62. The Hall–Kier alpha value is -3.02. The number of anilines is 1. The fraction of sp³-hybridized carbons (Fsp3) is 0.263. The lowest BCUT2D eigenvalue weighted by molar-refractivity contribution is -0.119. The van der Waals surface area contributed by atoms with E-state index in [-0.39, 0.29) is 18.5 Å². The normalized spacial score (nSPS) is 21.0. The lowest BCUT2D eigenvalue weighted by Gasteiger charge is -2.31. The summed E-state index contributed by atoms with van der Waals surface area (Å²) in [5.74, 6) is 0.508. The van der Waals surface area contributed by atoms with E-state index in [0.717, 1.165) is 11.1 Å². The van der Waals surface area contributed by atoms with Crippen LogP contribution in [0, 0.1) is 0 Å². The molecule has 0 unspecified atom stereocenters. The summed E-state index contributed by atoms with van der Waals surface area (Å²) >= 11 is 0. The highest BCUT2D eigenvalue weighted by Gasteiger charge is 2.46. The predicted molar refractivity (Wildman–Crippen MR) is 92.6 cm³/mol. The molecule has 1 saturated heterocycles. The first kappa shape index (κ1) is 15.5. The molecular formula is C19H18N2O4. The zero-order valence-electron chi connectivity index (χ0n) is 13.8. The molecule has 2 aliphatic heterocycles. The zero-order valence-corrected chi connectivity index (χ0v) is 13.8. The second-order valence-corrected chi connectivity index (χ2v) is 6.16. The molecule has 6 nitrogen and oxygen atoms in total. The number of nitrogens with one attached hydrogen (secondary N) is 1. The van der Waals surface area contributed by atoms with Crippen molar-refractivity contribution in [3.05, 3.63) is 48.5 Å². The van der Waals surface area contributed by atoms with E-state index < -0.39 is 12.2 Å². The van der Waals surface area contributed by atoms with Gasteiger partial charge in [0.05, 0.1) is 12.2 Å². The monoisotopic (exact) mass is 338 g/mol. The van der Waals surface area contributed by atoms with Gasteiger partial charge in [-0.25, -0.2) is 4.79 Å². The van der Waals surface area contributed by atoms with Crippen LogP contribution in [0.15, 0.2) is 48.5 Å². The van der Waals surface area contributed by atoms with Crippen LogP contribution in [-0.2, 0) is 9.53 Å². The fourth-order valence-electron chi connectivity index (χ4n) is 3.26. The van der Waals surface area contributed by atoms with Gasteiger partial charge in [0.1, 0.15) is 24.5 Å². The molecule has 2 atom stereocenters. The average molecular weight is 338 g/mol. The van der Waals surface area contributed by atoms with Crippen LogP contribution in [0.5, 0.6) is 5.75 Å². The number of fused-ring (bicyclic) bond motifs is 3. The van der Waals surface area contributed by atoms with Gasteiger partial charge in [0.25, 0.3) is 0 Å². The summed E-state index contributed by atoms with van der Waals surface area (Å²) in [4.78, 5) is 25.1. The van der Waals surface area contributed by atoms with Crippen LogP contribution >= 0.6 is 0 Å². The van der Waals surface area contributed by atoms with Crippen molar-refractivity contribution in [2.45, 2.75) is 19.1 Å². The summed E-state index contributed by atoms with van der Waals surface area (Å²) in [6.07, 6.45) is -0.823. The Kier molecular flexibility index (Phi) is 3.80. The molecule has 2 heterocycles. The maximum atomic E-state index is 12.3. The standard InChI is InChI=1S/C19H18N2O4/c1-12(22)20-10-18-16-11-24-17-9-14(13-5-3-2-4-6-13)7-8-15(17)21(16)19(23)25-18/h2-9,16,18H,10-11H2,1H3,(H,20,22)/t16-,18-/m0/s1. The molecule has 2 amide bonds. The van der Waals surface area contributed by atoms with E-state index in [1.165, 1.54) is 6.92 Å².